The molecule has 0 saturated heterocycles. The lowest BCUT2D eigenvalue weighted by molar-refractivity contribution is -0.119. The lowest BCUT2D eigenvalue weighted by Gasteiger charge is -2.34. The summed E-state index contributed by atoms with van der Waals surface area (Å²) in [6.07, 6.45) is 0.288. The van der Waals surface area contributed by atoms with Gasteiger partial charge >= 0.3 is 6.16 Å². The predicted molar refractivity (Wildman–Crippen MR) is 117 cm³/mol. The summed E-state index contributed by atoms with van der Waals surface area (Å²) in [5.74, 6) is 0.616. The topological polar surface area (TPSA) is 81.9 Å². The summed E-state index contributed by atoms with van der Waals surface area (Å²) in [4.78, 5) is 26.5. The average molecular weight is 431 g/mol. The average Bonchev–Trinajstić information content (AvgIpc) is 2.66. The van der Waals surface area contributed by atoms with Crippen molar-refractivity contribution in [3.8, 4) is 5.75 Å². The summed E-state index contributed by atoms with van der Waals surface area (Å²) in [5.41, 5.74) is 9.93. The second-order valence-electron chi connectivity index (χ2n) is 7.67. The molecule has 0 radical (unpaired) electrons. The van der Waals surface area contributed by atoms with Gasteiger partial charge < -0.3 is 20.1 Å². The van der Waals surface area contributed by atoms with Crippen LogP contribution in [0.5, 0.6) is 5.75 Å². The highest BCUT2D eigenvalue weighted by molar-refractivity contribution is 6.31. The van der Waals surface area contributed by atoms with Gasteiger partial charge in [-0.2, -0.15) is 0 Å². The second-order valence-corrected chi connectivity index (χ2v) is 8.08. The highest BCUT2D eigenvalue weighted by Gasteiger charge is 2.28. The molecule has 0 aliphatic carbocycles. The van der Waals surface area contributed by atoms with E-state index in [1.165, 1.54) is 11.6 Å². The number of anilines is 1. The van der Waals surface area contributed by atoms with E-state index in [-0.39, 0.29) is 24.7 Å². The van der Waals surface area contributed by atoms with E-state index in [0.717, 1.165) is 17.7 Å². The van der Waals surface area contributed by atoms with Crippen molar-refractivity contribution >= 4 is 29.4 Å². The van der Waals surface area contributed by atoms with E-state index in [1.807, 2.05) is 30.0 Å². The fraction of sp³-hybridized carbons (Fsp3) is 0.391. The van der Waals surface area contributed by atoms with Crippen molar-refractivity contribution in [2.75, 3.05) is 18.1 Å². The molecule has 1 aliphatic rings. The molecule has 0 saturated carbocycles. The van der Waals surface area contributed by atoms with Gasteiger partial charge in [-0.05, 0) is 55.0 Å². The zero-order chi connectivity index (χ0) is 21.8. The predicted octanol–water partition coefficient (Wildman–Crippen LogP) is 4.80. The minimum atomic E-state index is -0.793. The van der Waals surface area contributed by atoms with E-state index in [4.69, 9.17) is 26.8 Å². The number of ether oxygens (including phenoxy) is 2. The third kappa shape index (κ3) is 4.94. The molecule has 2 aromatic rings. The normalized spacial score (nSPS) is 16.6. The molecular weight excluding hydrogens is 404 g/mol. The van der Waals surface area contributed by atoms with Crippen LogP contribution in [0.25, 0.3) is 0 Å². The third-order valence-electron chi connectivity index (χ3n) is 5.18. The Balaban J connectivity index is 1.77. The van der Waals surface area contributed by atoms with Gasteiger partial charge in [0.05, 0.1) is 6.61 Å². The standard InChI is InChI=1S/C23H27ClN2O4/c1-4-29-23(28)30-17-10-15(3)22(18(24)11-17)19(25)12-21(27)26-13-14(2)9-16-7-5-6-8-20(16)26/h5-8,10-11,14,19H,4,9,12-13,25H2,1-3H3. The van der Waals surface area contributed by atoms with Gasteiger partial charge in [0.15, 0.2) is 0 Å². The Morgan fingerprint density at radius 3 is 2.73 bits per heavy atom. The molecule has 7 heteroatoms. The molecule has 6 nitrogen and oxygen atoms in total. The van der Waals surface area contributed by atoms with Crippen molar-refractivity contribution in [2.24, 2.45) is 11.7 Å². The third-order valence-corrected chi connectivity index (χ3v) is 5.50. The van der Waals surface area contributed by atoms with Crippen LogP contribution >= 0.6 is 11.6 Å². The minimum absolute atomic E-state index is 0.0381. The van der Waals surface area contributed by atoms with E-state index in [1.54, 1.807) is 13.0 Å². The van der Waals surface area contributed by atoms with E-state index in [2.05, 4.69) is 13.0 Å². The molecule has 0 aromatic heterocycles. The van der Waals surface area contributed by atoms with Gasteiger partial charge in [0.25, 0.3) is 0 Å². The van der Waals surface area contributed by atoms with E-state index >= 15 is 0 Å². The fourth-order valence-electron chi connectivity index (χ4n) is 3.93. The number of benzene rings is 2. The Morgan fingerprint density at radius 2 is 2.03 bits per heavy atom. The SMILES string of the molecule is CCOC(=O)Oc1cc(C)c(C(N)CC(=O)N2CC(C)Cc3ccccc32)c(Cl)c1. The molecule has 3 rings (SSSR count). The van der Waals surface area contributed by atoms with Gasteiger partial charge in [0, 0.05) is 35.8 Å². The van der Waals surface area contributed by atoms with Gasteiger partial charge in [-0.1, -0.05) is 36.7 Å². The summed E-state index contributed by atoms with van der Waals surface area (Å²) < 4.78 is 9.90. The van der Waals surface area contributed by atoms with Crippen molar-refractivity contribution in [3.05, 3.63) is 58.1 Å². The van der Waals surface area contributed by atoms with Crippen molar-refractivity contribution in [1.29, 1.82) is 0 Å². The van der Waals surface area contributed by atoms with Crippen LogP contribution in [0.4, 0.5) is 10.5 Å². The lowest BCUT2D eigenvalue weighted by atomic mass is 9.92. The van der Waals surface area contributed by atoms with Crippen LogP contribution in [0.3, 0.4) is 0 Å². The van der Waals surface area contributed by atoms with Gasteiger partial charge in [0.2, 0.25) is 5.91 Å². The molecule has 0 spiro atoms. The summed E-state index contributed by atoms with van der Waals surface area (Å²) >= 11 is 6.43. The second kappa shape index (κ2) is 9.49. The first-order valence-corrected chi connectivity index (χ1v) is 10.5. The number of hydrogen-bond donors (Lipinski definition) is 1. The van der Waals surface area contributed by atoms with E-state index in [9.17, 15) is 9.59 Å². The van der Waals surface area contributed by atoms with Crippen LogP contribution in [0.2, 0.25) is 5.02 Å². The maximum absolute atomic E-state index is 13.1. The largest absolute Gasteiger partial charge is 0.513 e. The quantitative estimate of drug-likeness (QED) is 0.544. The van der Waals surface area contributed by atoms with Crippen LogP contribution in [-0.4, -0.2) is 25.2 Å². The zero-order valence-electron chi connectivity index (χ0n) is 17.5. The molecule has 1 aliphatic heterocycles. The Kier molecular flexibility index (Phi) is 7.00. The van der Waals surface area contributed by atoms with E-state index in [0.29, 0.717) is 23.0 Å². The van der Waals surface area contributed by atoms with Crippen molar-refractivity contribution in [3.63, 3.8) is 0 Å². The van der Waals surface area contributed by atoms with Crippen molar-refractivity contribution in [2.45, 2.75) is 39.7 Å². The summed E-state index contributed by atoms with van der Waals surface area (Å²) in [7, 11) is 0. The van der Waals surface area contributed by atoms with E-state index < -0.39 is 12.2 Å². The van der Waals surface area contributed by atoms with Gasteiger partial charge in [-0.15, -0.1) is 0 Å². The number of fused-ring (bicyclic) bond motifs is 1. The number of halogens is 1. The van der Waals surface area contributed by atoms with Gasteiger partial charge in [0.1, 0.15) is 5.75 Å². The summed E-state index contributed by atoms with van der Waals surface area (Å²) in [6.45, 7) is 6.54. The first kappa shape index (κ1) is 22.1. The highest BCUT2D eigenvalue weighted by atomic mass is 35.5. The zero-order valence-corrected chi connectivity index (χ0v) is 18.2. The number of para-hydroxylation sites is 1. The number of amides is 1. The Hall–Kier alpha value is -2.57. The number of rotatable bonds is 5. The smallest absolute Gasteiger partial charge is 0.434 e. The van der Waals surface area contributed by atoms with Gasteiger partial charge in [-0.3, -0.25) is 4.79 Å². The molecule has 0 fully saturated rings. The number of aryl methyl sites for hydroxylation is 1. The minimum Gasteiger partial charge on any atom is -0.434 e. The Morgan fingerprint density at radius 1 is 1.30 bits per heavy atom. The highest BCUT2D eigenvalue weighted by Crippen LogP contribution is 2.34. The monoisotopic (exact) mass is 430 g/mol. The molecule has 1 amide bonds. The summed E-state index contributed by atoms with van der Waals surface area (Å²) in [6, 6.07) is 10.6. The molecule has 0 bridgehead atoms. The number of nitrogens with zero attached hydrogens (tertiary/aromatic N) is 1. The fourth-order valence-corrected chi connectivity index (χ4v) is 4.33. The molecule has 2 N–H and O–H groups in total. The molecule has 1 heterocycles. The first-order chi connectivity index (χ1) is 14.3. The Bertz CT molecular complexity index is 924. The van der Waals surface area contributed by atoms with Crippen LogP contribution in [-0.2, 0) is 16.0 Å². The summed E-state index contributed by atoms with van der Waals surface area (Å²) in [5, 5.41) is 0.349. The molecule has 30 heavy (non-hydrogen) atoms. The molecule has 160 valence electrons. The van der Waals surface area contributed by atoms with Gasteiger partial charge in [-0.25, -0.2) is 4.79 Å². The number of hydrogen-bond acceptors (Lipinski definition) is 5. The Labute approximate surface area is 181 Å². The molecular formula is C23H27ClN2O4. The number of nitrogens with two attached hydrogens (primary N) is 1. The van der Waals surface area contributed by atoms with Crippen LogP contribution in [0.1, 0.15) is 43.0 Å². The first-order valence-electron chi connectivity index (χ1n) is 10.1. The lowest BCUT2D eigenvalue weighted by Crippen LogP contribution is -2.40. The molecule has 2 unspecified atom stereocenters. The maximum Gasteiger partial charge on any atom is 0.513 e. The molecule has 2 atom stereocenters. The van der Waals surface area contributed by atoms with Crippen molar-refractivity contribution < 1.29 is 19.1 Å². The van der Waals surface area contributed by atoms with Crippen LogP contribution in [0, 0.1) is 12.8 Å². The van der Waals surface area contributed by atoms with Crippen LogP contribution < -0.4 is 15.4 Å². The number of carbonyl (C=O) groups is 2. The van der Waals surface area contributed by atoms with Crippen LogP contribution in [0.15, 0.2) is 36.4 Å². The molecule has 2 aromatic carbocycles. The number of carbonyl (C=O) groups excluding carboxylic acids is 2. The van der Waals surface area contributed by atoms with Crippen molar-refractivity contribution in [1.82, 2.24) is 0 Å². The maximum atomic E-state index is 13.1.